The van der Waals surface area contributed by atoms with E-state index in [-0.39, 0.29) is 16.4 Å². The van der Waals surface area contributed by atoms with Crippen LogP contribution >= 0.6 is 24.0 Å². The molecule has 1 aliphatic rings. The fourth-order valence-electron chi connectivity index (χ4n) is 2.84. The number of thiocarbonyl (C=S) groups is 1. The molecule has 1 N–H and O–H groups in total. The lowest BCUT2D eigenvalue weighted by molar-refractivity contribution is -0.384. The summed E-state index contributed by atoms with van der Waals surface area (Å²) in [6.07, 6.45) is 5.02. The number of hydrogen-bond donors (Lipinski definition) is 1. The molecule has 1 fully saturated rings. The Hall–Kier alpha value is -3.30. The Balaban J connectivity index is 1.75. The Morgan fingerprint density at radius 3 is 2.47 bits per heavy atom. The minimum absolute atomic E-state index is 0.00819. The summed E-state index contributed by atoms with van der Waals surface area (Å²) in [4.78, 5) is 36.3. The lowest BCUT2D eigenvalue weighted by Crippen LogP contribution is -2.45. The Morgan fingerprint density at radius 1 is 1.20 bits per heavy atom. The van der Waals surface area contributed by atoms with E-state index < -0.39 is 22.8 Å². The number of allylic oxidation sites excluding steroid dienone is 2. The van der Waals surface area contributed by atoms with E-state index in [1.807, 2.05) is 6.07 Å². The zero-order valence-corrected chi connectivity index (χ0v) is 17.1. The maximum Gasteiger partial charge on any atom is 0.327 e. The van der Waals surface area contributed by atoms with Crippen molar-refractivity contribution in [2.75, 3.05) is 0 Å². The van der Waals surface area contributed by atoms with Crippen molar-refractivity contribution in [2.24, 2.45) is 0 Å². The van der Waals surface area contributed by atoms with Crippen LogP contribution in [0.1, 0.15) is 11.1 Å². The molecule has 1 saturated heterocycles. The molecule has 0 saturated carbocycles. The summed E-state index contributed by atoms with van der Waals surface area (Å²) in [6, 6.07) is 13.9. The second kappa shape index (κ2) is 9.47. The zero-order valence-electron chi connectivity index (χ0n) is 15.5. The summed E-state index contributed by atoms with van der Waals surface area (Å²) in [7, 11) is 0. The van der Waals surface area contributed by atoms with Gasteiger partial charge in [0.1, 0.15) is 10.4 Å². The number of non-ortho nitro benzene ring substituents is 1. The van der Waals surface area contributed by atoms with Gasteiger partial charge in [-0.1, -0.05) is 66.5 Å². The van der Waals surface area contributed by atoms with E-state index >= 15 is 0 Å². The summed E-state index contributed by atoms with van der Waals surface area (Å²) < 4.78 is 0.193. The smallest absolute Gasteiger partial charge is 0.327 e. The van der Waals surface area contributed by atoms with Gasteiger partial charge >= 0.3 is 5.97 Å². The molecule has 1 atom stereocenters. The molecule has 0 spiro atoms. The van der Waals surface area contributed by atoms with Crippen LogP contribution in [0.5, 0.6) is 0 Å². The fraction of sp³-hybridized carbons (Fsp3) is 0.0952. The van der Waals surface area contributed by atoms with Crippen LogP contribution < -0.4 is 0 Å². The molecule has 3 rings (SSSR count). The number of carboxylic acid groups (broad SMARTS) is 1. The van der Waals surface area contributed by atoms with Gasteiger partial charge in [0.15, 0.2) is 0 Å². The Bertz CT molecular complexity index is 1050. The van der Waals surface area contributed by atoms with Crippen molar-refractivity contribution in [1.29, 1.82) is 0 Å². The van der Waals surface area contributed by atoms with Crippen LogP contribution in [-0.4, -0.2) is 37.2 Å². The van der Waals surface area contributed by atoms with Crippen LogP contribution in [0.3, 0.4) is 0 Å². The third-order valence-electron chi connectivity index (χ3n) is 4.33. The van der Waals surface area contributed by atoms with E-state index in [1.165, 1.54) is 12.1 Å². The predicted molar refractivity (Wildman–Crippen MR) is 119 cm³/mol. The van der Waals surface area contributed by atoms with Crippen LogP contribution in [0.2, 0.25) is 0 Å². The van der Waals surface area contributed by atoms with Crippen LogP contribution in [0.15, 0.2) is 71.7 Å². The first-order valence-corrected chi connectivity index (χ1v) is 10.0. The van der Waals surface area contributed by atoms with Gasteiger partial charge in [-0.3, -0.25) is 19.8 Å². The van der Waals surface area contributed by atoms with Gasteiger partial charge in [-0.2, -0.15) is 0 Å². The fourth-order valence-corrected chi connectivity index (χ4v) is 4.15. The van der Waals surface area contributed by atoms with Gasteiger partial charge in [-0.15, -0.1) is 0 Å². The maximum atomic E-state index is 12.8. The topological polar surface area (TPSA) is 101 Å². The van der Waals surface area contributed by atoms with Gasteiger partial charge in [-0.25, -0.2) is 4.79 Å². The van der Waals surface area contributed by atoms with Crippen molar-refractivity contribution in [1.82, 2.24) is 4.90 Å². The van der Waals surface area contributed by atoms with E-state index in [0.717, 1.165) is 27.8 Å². The van der Waals surface area contributed by atoms with Crippen LogP contribution in [0, 0.1) is 10.1 Å². The first kappa shape index (κ1) is 21.4. The molecule has 7 nitrogen and oxygen atoms in total. The minimum atomic E-state index is -1.13. The zero-order chi connectivity index (χ0) is 21.7. The molecule has 2 aromatic carbocycles. The highest BCUT2D eigenvalue weighted by Crippen LogP contribution is 2.33. The second-order valence-corrected chi connectivity index (χ2v) is 8.00. The first-order valence-electron chi connectivity index (χ1n) is 8.81. The number of carbonyl (C=O) groups is 2. The molecule has 1 heterocycles. The van der Waals surface area contributed by atoms with E-state index in [2.05, 4.69) is 0 Å². The number of nitro benzene ring substituents is 1. The highest BCUT2D eigenvalue weighted by atomic mass is 32.2. The average Bonchev–Trinajstić information content (AvgIpc) is 3.00. The second-order valence-electron chi connectivity index (χ2n) is 6.33. The van der Waals surface area contributed by atoms with Crippen molar-refractivity contribution in [3.8, 4) is 0 Å². The molecular weight excluding hydrogens is 424 g/mol. The lowest BCUT2D eigenvalue weighted by Gasteiger charge is -2.23. The SMILES string of the molecule is O=C(O)[C@H](Cc1ccccc1)N1C(=O)/C(=C\C=C\c2ccc([N+](=O)[O-])cc2)SC1=S. The van der Waals surface area contributed by atoms with Gasteiger partial charge in [0, 0.05) is 18.6 Å². The molecule has 1 aliphatic heterocycles. The highest BCUT2D eigenvalue weighted by Gasteiger charge is 2.40. The quantitative estimate of drug-likeness (QED) is 0.300. The van der Waals surface area contributed by atoms with Crippen molar-refractivity contribution in [3.63, 3.8) is 0 Å². The Labute approximate surface area is 181 Å². The largest absolute Gasteiger partial charge is 0.480 e. The van der Waals surface area contributed by atoms with Gasteiger partial charge in [-0.05, 0) is 29.3 Å². The molecule has 0 bridgehead atoms. The normalized spacial score (nSPS) is 16.4. The third-order valence-corrected chi connectivity index (χ3v) is 5.68. The van der Waals surface area contributed by atoms with Crippen LogP contribution in [-0.2, 0) is 16.0 Å². The number of carbonyl (C=O) groups excluding carboxylic acids is 1. The molecule has 1 amide bonds. The molecule has 0 unspecified atom stereocenters. The number of benzene rings is 2. The standard InChI is InChI=1S/C21H16N2O5S2/c24-19-18(8-4-7-14-9-11-16(12-10-14)23(27)28)30-21(29)22(19)17(20(25)26)13-15-5-2-1-3-6-15/h1-12,17H,13H2,(H,25,26)/b7-4+,18-8+/t17-/m0/s1. The summed E-state index contributed by atoms with van der Waals surface area (Å²) in [6.45, 7) is 0. The van der Waals surface area contributed by atoms with Gasteiger partial charge < -0.3 is 5.11 Å². The number of aliphatic carboxylic acids is 1. The molecule has 2 aromatic rings. The van der Waals surface area contributed by atoms with E-state index in [4.69, 9.17) is 12.2 Å². The number of hydrogen-bond acceptors (Lipinski definition) is 6. The van der Waals surface area contributed by atoms with Crippen molar-refractivity contribution >= 4 is 51.9 Å². The van der Waals surface area contributed by atoms with Crippen molar-refractivity contribution < 1.29 is 19.6 Å². The maximum absolute atomic E-state index is 12.8. The number of carboxylic acids is 1. The van der Waals surface area contributed by atoms with Crippen molar-refractivity contribution in [3.05, 3.63) is 92.9 Å². The van der Waals surface area contributed by atoms with Crippen LogP contribution in [0.25, 0.3) is 6.08 Å². The number of amides is 1. The molecule has 9 heteroatoms. The number of nitrogens with zero attached hydrogens (tertiary/aromatic N) is 2. The molecule has 152 valence electrons. The summed E-state index contributed by atoms with van der Waals surface area (Å²) >= 11 is 6.31. The number of rotatable bonds is 7. The molecule has 0 aliphatic carbocycles. The summed E-state index contributed by atoms with van der Waals surface area (Å²) in [5.41, 5.74) is 1.51. The molecule has 30 heavy (non-hydrogen) atoms. The molecule has 0 aromatic heterocycles. The first-order chi connectivity index (χ1) is 14.4. The minimum Gasteiger partial charge on any atom is -0.480 e. The molecule has 0 radical (unpaired) electrons. The summed E-state index contributed by atoms with van der Waals surface area (Å²) in [5.74, 6) is -1.58. The van der Waals surface area contributed by atoms with E-state index in [1.54, 1.807) is 54.6 Å². The Morgan fingerprint density at radius 2 is 1.87 bits per heavy atom. The van der Waals surface area contributed by atoms with Crippen molar-refractivity contribution in [2.45, 2.75) is 12.5 Å². The summed E-state index contributed by atoms with van der Waals surface area (Å²) in [5, 5.41) is 20.4. The van der Waals surface area contributed by atoms with Gasteiger partial charge in [0.05, 0.1) is 9.83 Å². The van der Waals surface area contributed by atoms with E-state index in [0.29, 0.717) is 4.91 Å². The van der Waals surface area contributed by atoms with Crippen LogP contribution in [0.4, 0.5) is 5.69 Å². The monoisotopic (exact) mass is 440 g/mol. The third kappa shape index (κ3) is 5.00. The molecular formula is C21H16N2O5S2. The number of thioether (sulfide) groups is 1. The average molecular weight is 441 g/mol. The highest BCUT2D eigenvalue weighted by molar-refractivity contribution is 8.26. The lowest BCUT2D eigenvalue weighted by atomic mass is 10.0. The number of nitro groups is 1. The Kier molecular flexibility index (Phi) is 6.76. The van der Waals surface area contributed by atoms with Gasteiger partial charge in [0.2, 0.25) is 0 Å². The van der Waals surface area contributed by atoms with Gasteiger partial charge in [0.25, 0.3) is 11.6 Å². The predicted octanol–water partition coefficient (Wildman–Crippen LogP) is 4.05. The van der Waals surface area contributed by atoms with E-state index in [9.17, 15) is 24.8 Å².